The lowest BCUT2D eigenvalue weighted by molar-refractivity contribution is 0.0600. The van der Waals surface area contributed by atoms with Gasteiger partial charge in [0.2, 0.25) is 0 Å². The fourth-order valence-corrected chi connectivity index (χ4v) is 3.28. The fourth-order valence-electron chi connectivity index (χ4n) is 2.30. The quantitative estimate of drug-likeness (QED) is 0.422. The fraction of sp³-hybridized carbons (Fsp3) is 0.111. The molecule has 2 aromatic carbocycles. The molecule has 0 unspecified atom stereocenters. The molecule has 0 radical (unpaired) electrons. The van der Waals surface area contributed by atoms with Crippen LogP contribution in [-0.4, -0.2) is 18.9 Å². The number of nitrogens with one attached hydrogen (secondary N) is 1. The van der Waals surface area contributed by atoms with Crippen molar-refractivity contribution in [3.8, 4) is 5.75 Å². The largest absolute Gasteiger partial charge is 0.489 e. The molecule has 0 saturated heterocycles. The van der Waals surface area contributed by atoms with Crippen LogP contribution >= 0.6 is 11.3 Å². The van der Waals surface area contributed by atoms with Crippen molar-refractivity contribution in [1.82, 2.24) is 0 Å². The highest BCUT2D eigenvalue weighted by atomic mass is 32.1. The number of carbonyl (C=O) groups excluding carboxylic acids is 1. The Hall–Kier alpha value is -2.86. The molecule has 0 saturated carbocycles. The van der Waals surface area contributed by atoms with Gasteiger partial charge in [0.1, 0.15) is 18.2 Å². The number of hydrogen-bond acceptors (Lipinski definition) is 5. The third-order valence-electron chi connectivity index (χ3n) is 3.51. The topological polar surface area (TPSA) is 85.4 Å². The summed E-state index contributed by atoms with van der Waals surface area (Å²) in [4.78, 5) is 12.3. The van der Waals surface area contributed by atoms with Gasteiger partial charge in [0, 0.05) is 4.70 Å². The van der Waals surface area contributed by atoms with Crippen LogP contribution in [0.15, 0.2) is 48.5 Å². The minimum absolute atomic E-state index is 0.0774. The summed E-state index contributed by atoms with van der Waals surface area (Å²) in [6.07, 6.45) is 0. The van der Waals surface area contributed by atoms with Gasteiger partial charge in [-0.25, -0.2) is 4.79 Å². The van der Waals surface area contributed by atoms with E-state index in [1.54, 1.807) is 24.3 Å². The summed E-state index contributed by atoms with van der Waals surface area (Å²) in [5.74, 6) is 0.291. The molecule has 0 aliphatic carbocycles. The third-order valence-corrected chi connectivity index (χ3v) is 4.64. The molecule has 0 aliphatic rings. The second-order valence-electron chi connectivity index (χ2n) is 5.20. The number of methoxy groups -OCH3 is 1. The van der Waals surface area contributed by atoms with Crippen LogP contribution in [-0.2, 0) is 11.3 Å². The Morgan fingerprint density at radius 1 is 1.21 bits per heavy atom. The summed E-state index contributed by atoms with van der Waals surface area (Å²) >= 11 is 1.48. The number of ether oxygens (including phenoxy) is 2. The van der Waals surface area contributed by atoms with Gasteiger partial charge in [0.05, 0.1) is 17.6 Å². The Bertz CT molecular complexity index is 918. The van der Waals surface area contributed by atoms with E-state index in [1.165, 1.54) is 18.4 Å². The van der Waals surface area contributed by atoms with E-state index in [-0.39, 0.29) is 5.84 Å². The van der Waals surface area contributed by atoms with Gasteiger partial charge in [0.15, 0.2) is 0 Å². The zero-order valence-electron chi connectivity index (χ0n) is 13.0. The van der Waals surface area contributed by atoms with Crippen LogP contribution in [0.25, 0.3) is 10.1 Å². The van der Waals surface area contributed by atoms with E-state index in [9.17, 15) is 4.79 Å². The number of carbonyl (C=O) groups is 1. The van der Waals surface area contributed by atoms with Crippen LogP contribution in [0.2, 0.25) is 0 Å². The zero-order chi connectivity index (χ0) is 17.1. The number of esters is 1. The maximum absolute atomic E-state index is 11.5. The summed E-state index contributed by atoms with van der Waals surface area (Å²) in [6, 6.07) is 14.8. The zero-order valence-corrected chi connectivity index (χ0v) is 13.9. The normalized spacial score (nSPS) is 10.5. The van der Waals surface area contributed by atoms with E-state index in [4.69, 9.17) is 20.6 Å². The highest BCUT2D eigenvalue weighted by molar-refractivity contribution is 7.20. The van der Waals surface area contributed by atoms with Crippen LogP contribution in [0.3, 0.4) is 0 Å². The standard InChI is InChI=1S/C18H16N2O3S/c1-22-18(21)13-3-2-4-14(8-13)23-10-11-5-6-12-9-16(17(19)20)24-15(12)7-11/h2-9H,10H2,1H3,(H3,19,20). The van der Waals surface area contributed by atoms with E-state index in [0.717, 1.165) is 20.5 Å². The minimum Gasteiger partial charge on any atom is -0.489 e. The Morgan fingerprint density at radius 2 is 2.04 bits per heavy atom. The van der Waals surface area contributed by atoms with E-state index >= 15 is 0 Å². The number of nitrogen functional groups attached to an aromatic ring is 1. The van der Waals surface area contributed by atoms with Gasteiger partial charge >= 0.3 is 5.97 Å². The average molecular weight is 340 g/mol. The molecule has 0 aliphatic heterocycles. The molecule has 0 fully saturated rings. The molecule has 122 valence electrons. The summed E-state index contributed by atoms with van der Waals surface area (Å²) in [5.41, 5.74) is 6.99. The number of thiophene rings is 1. The van der Waals surface area contributed by atoms with Crippen molar-refractivity contribution in [2.45, 2.75) is 6.61 Å². The predicted molar refractivity (Wildman–Crippen MR) is 95.0 cm³/mol. The Balaban J connectivity index is 1.75. The number of rotatable bonds is 5. The molecule has 3 aromatic rings. The monoisotopic (exact) mass is 340 g/mol. The van der Waals surface area contributed by atoms with E-state index in [2.05, 4.69) is 0 Å². The SMILES string of the molecule is COC(=O)c1cccc(OCc2ccc3cc(C(=N)N)sc3c2)c1. The van der Waals surface area contributed by atoms with E-state index < -0.39 is 5.97 Å². The number of fused-ring (bicyclic) bond motifs is 1. The molecule has 5 nitrogen and oxygen atoms in total. The van der Waals surface area contributed by atoms with Crippen molar-refractivity contribution in [3.05, 3.63) is 64.5 Å². The van der Waals surface area contributed by atoms with Crippen LogP contribution in [0.4, 0.5) is 0 Å². The Kier molecular flexibility index (Phi) is 4.48. The van der Waals surface area contributed by atoms with Crippen molar-refractivity contribution in [2.24, 2.45) is 5.73 Å². The van der Waals surface area contributed by atoms with Crippen molar-refractivity contribution in [1.29, 1.82) is 5.41 Å². The van der Waals surface area contributed by atoms with Gasteiger partial charge in [-0.05, 0) is 41.3 Å². The van der Waals surface area contributed by atoms with Crippen molar-refractivity contribution in [2.75, 3.05) is 7.11 Å². The molecule has 24 heavy (non-hydrogen) atoms. The molecule has 1 aromatic heterocycles. The van der Waals surface area contributed by atoms with Gasteiger partial charge in [-0.1, -0.05) is 18.2 Å². The first-order chi connectivity index (χ1) is 11.6. The molecule has 0 amide bonds. The molecule has 0 bridgehead atoms. The maximum atomic E-state index is 11.5. The lowest BCUT2D eigenvalue weighted by Crippen LogP contribution is -2.08. The van der Waals surface area contributed by atoms with Crippen molar-refractivity contribution >= 4 is 33.2 Å². The highest BCUT2D eigenvalue weighted by Crippen LogP contribution is 2.27. The Morgan fingerprint density at radius 3 is 2.79 bits per heavy atom. The lowest BCUT2D eigenvalue weighted by Gasteiger charge is -2.07. The first-order valence-corrected chi connectivity index (χ1v) is 8.06. The van der Waals surface area contributed by atoms with Crippen LogP contribution in [0.1, 0.15) is 20.8 Å². The molecule has 3 rings (SSSR count). The third kappa shape index (κ3) is 3.38. The first kappa shape index (κ1) is 16.0. The van der Waals surface area contributed by atoms with Crippen molar-refractivity contribution < 1.29 is 14.3 Å². The second-order valence-corrected chi connectivity index (χ2v) is 6.29. The molecule has 0 spiro atoms. The van der Waals surface area contributed by atoms with Gasteiger partial charge in [-0.2, -0.15) is 0 Å². The molecule has 3 N–H and O–H groups in total. The minimum atomic E-state index is -0.391. The van der Waals surface area contributed by atoms with Crippen molar-refractivity contribution in [3.63, 3.8) is 0 Å². The number of nitrogens with two attached hydrogens (primary N) is 1. The van der Waals surface area contributed by atoms with E-state index in [1.807, 2.05) is 24.3 Å². The van der Waals surface area contributed by atoms with Crippen LogP contribution in [0.5, 0.6) is 5.75 Å². The summed E-state index contributed by atoms with van der Waals surface area (Å²) in [5, 5.41) is 8.57. The number of hydrogen-bond donors (Lipinski definition) is 2. The van der Waals surface area contributed by atoms with Gasteiger partial charge in [0.25, 0.3) is 0 Å². The van der Waals surface area contributed by atoms with E-state index in [0.29, 0.717) is 17.9 Å². The summed E-state index contributed by atoms with van der Waals surface area (Å²) < 4.78 is 11.5. The predicted octanol–water partition coefficient (Wildman–Crippen LogP) is 3.55. The molecule has 1 heterocycles. The van der Waals surface area contributed by atoms with Gasteiger partial charge in [-0.15, -0.1) is 11.3 Å². The Labute approximate surface area is 143 Å². The maximum Gasteiger partial charge on any atom is 0.337 e. The second kappa shape index (κ2) is 6.72. The average Bonchev–Trinajstić information content (AvgIpc) is 3.03. The molecule has 6 heteroatoms. The molecular weight excluding hydrogens is 324 g/mol. The lowest BCUT2D eigenvalue weighted by atomic mass is 10.2. The van der Waals surface area contributed by atoms with Crippen LogP contribution < -0.4 is 10.5 Å². The smallest absolute Gasteiger partial charge is 0.337 e. The van der Waals surface area contributed by atoms with Gasteiger partial charge < -0.3 is 15.2 Å². The number of benzene rings is 2. The highest BCUT2D eigenvalue weighted by Gasteiger charge is 2.08. The molecule has 0 atom stereocenters. The van der Waals surface area contributed by atoms with Gasteiger partial charge in [-0.3, -0.25) is 5.41 Å². The molecular formula is C18H16N2O3S. The summed E-state index contributed by atoms with van der Waals surface area (Å²) in [7, 11) is 1.35. The van der Waals surface area contributed by atoms with Crippen LogP contribution in [0, 0.1) is 5.41 Å². The summed E-state index contributed by atoms with van der Waals surface area (Å²) in [6.45, 7) is 0.383. The first-order valence-electron chi connectivity index (χ1n) is 7.25. The number of amidine groups is 1.